The van der Waals surface area contributed by atoms with Crippen LogP contribution >= 0.6 is 11.3 Å². The van der Waals surface area contributed by atoms with Crippen LogP contribution in [0.1, 0.15) is 84.2 Å². The number of benzene rings is 1. The monoisotopic (exact) mass is 888 g/mol. The predicted octanol–water partition coefficient (Wildman–Crippen LogP) is 6.18. The van der Waals surface area contributed by atoms with Crippen molar-refractivity contribution in [2.45, 2.75) is 99.4 Å². The van der Waals surface area contributed by atoms with Crippen molar-refractivity contribution in [3.05, 3.63) is 58.2 Å². The highest BCUT2D eigenvalue weighted by Crippen LogP contribution is 2.42. The van der Waals surface area contributed by atoms with Gasteiger partial charge in [-0.15, -0.1) is 11.3 Å². The second kappa shape index (κ2) is 20.9. The molecule has 17 heteroatoms. The van der Waals surface area contributed by atoms with E-state index in [9.17, 15) is 29.1 Å². The number of amides is 4. The maximum absolute atomic E-state index is 14.1. The molecule has 4 aromatic rings. The van der Waals surface area contributed by atoms with Gasteiger partial charge in [0.2, 0.25) is 5.91 Å². The van der Waals surface area contributed by atoms with Crippen LogP contribution in [-0.2, 0) is 48.0 Å². The normalized spacial score (nSPS) is 15.9. The number of hydrogen-bond acceptors (Lipinski definition) is 11. The van der Waals surface area contributed by atoms with Gasteiger partial charge in [0.05, 0.1) is 40.7 Å². The number of aryl methyl sites for hydroxylation is 1. The van der Waals surface area contributed by atoms with Crippen molar-refractivity contribution >= 4 is 52.5 Å². The van der Waals surface area contributed by atoms with Gasteiger partial charge in [-0.2, -0.15) is 0 Å². The predicted molar refractivity (Wildman–Crippen MR) is 243 cm³/mol. The fourth-order valence-electron chi connectivity index (χ4n) is 8.53. The Morgan fingerprint density at radius 3 is 2.52 bits per heavy atom. The number of methoxy groups -OCH3 is 1. The summed E-state index contributed by atoms with van der Waals surface area (Å²) in [4.78, 5) is 76.9. The molecule has 2 fully saturated rings. The first-order chi connectivity index (χ1) is 29.6. The number of aromatic nitrogens is 3. The minimum absolute atomic E-state index is 0. The number of pyridine rings is 1. The number of rotatable bonds is 18. The van der Waals surface area contributed by atoms with Gasteiger partial charge in [-0.3, -0.25) is 29.2 Å². The molecule has 0 radical (unpaired) electrons. The minimum Gasteiger partial charge on any atom is -0.481 e. The van der Waals surface area contributed by atoms with E-state index in [-0.39, 0.29) is 51.5 Å². The second-order valence-electron chi connectivity index (χ2n) is 17.4. The van der Waals surface area contributed by atoms with Crippen LogP contribution in [0.5, 0.6) is 0 Å². The largest absolute Gasteiger partial charge is 0.481 e. The number of nitrogens with one attached hydrogen (secondary N) is 2. The Balaban J connectivity index is 0.00000748. The Labute approximate surface area is 374 Å². The van der Waals surface area contributed by atoms with Crippen LogP contribution in [0.25, 0.3) is 33.4 Å². The number of likely N-dealkylation sites (N-methyl/N-ethyl adjacent to an activating group) is 1. The molecule has 3 aromatic heterocycles. The smallest absolute Gasteiger partial charge is 0.320 e. The molecule has 0 spiro atoms. The van der Waals surface area contributed by atoms with Crippen LogP contribution in [0.4, 0.5) is 4.79 Å². The molecule has 16 nitrogen and oxygen atoms in total. The van der Waals surface area contributed by atoms with E-state index in [1.807, 2.05) is 38.3 Å². The zero-order valence-electron chi connectivity index (χ0n) is 37.0. The number of carboxylic acids is 1. The number of nitrogens with zero attached hydrogens (tertiary/aromatic N) is 6. The van der Waals surface area contributed by atoms with Gasteiger partial charge in [0.1, 0.15) is 12.1 Å². The van der Waals surface area contributed by atoms with Crippen LogP contribution in [0.2, 0.25) is 0 Å². The van der Waals surface area contributed by atoms with Crippen molar-refractivity contribution in [3.63, 3.8) is 0 Å². The minimum atomic E-state index is -0.980. The number of aliphatic carboxylic acids is 1. The van der Waals surface area contributed by atoms with Crippen molar-refractivity contribution in [1.29, 1.82) is 0 Å². The fourth-order valence-corrected chi connectivity index (χ4v) is 9.38. The summed E-state index contributed by atoms with van der Waals surface area (Å²) in [5.74, 6) is -2.68. The molecular weight excluding hydrogens is 825 g/mol. The number of carbonyl (C=O) groups excluding carboxylic acids is 4. The molecule has 5 heterocycles. The summed E-state index contributed by atoms with van der Waals surface area (Å²) in [5, 5.41) is 17.5. The fraction of sp³-hybridized carbons (Fsp3) is 0.543. The summed E-state index contributed by atoms with van der Waals surface area (Å²) in [5.41, 5.74) is 9.27. The molecule has 0 saturated carbocycles. The Hall–Kier alpha value is -5.39. The molecule has 0 bridgehead atoms. The maximum Gasteiger partial charge on any atom is 0.320 e. The first-order valence-electron chi connectivity index (χ1n) is 21.3. The van der Waals surface area contributed by atoms with Crippen molar-refractivity contribution in [2.24, 2.45) is 17.3 Å². The summed E-state index contributed by atoms with van der Waals surface area (Å²) in [6.07, 6.45) is 3.97. The molecule has 1 aromatic carbocycles. The number of carboxylic acid groups (broad SMARTS) is 1. The Morgan fingerprint density at radius 2 is 1.89 bits per heavy atom. The van der Waals surface area contributed by atoms with E-state index >= 15 is 0 Å². The molecule has 3 unspecified atom stereocenters. The maximum atomic E-state index is 14.1. The van der Waals surface area contributed by atoms with Crippen molar-refractivity contribution < 1.29 is 38.6 Å². The third kappa shape index (κ3) is 10.7. The van der Waals surface area contributed by atoms with Gasteiger partial charge in [-0.25, -0.2) is 15.2 Å². The Bertz CT molecular complexity index is 2260. The van der Waals surface area contributed by atoms with Gasteiger partial charge < -0.3 is 34.3 Å². The first kappa shape index (κ1) is 48.6. The summed E-state index contributed by atoms with van der Waals surface area (Å²) >= 11 is 1.40. The molecule has 63 heavy (non-hydrogen) atoms. The summed E-state index contributed by atoms with van der Waals surface area (Å²) < 4.78 is 13.4. The number of fused-ring (bicyclic) bond motifs is 1. The lowest BCUT2D eigenvalue weighted by molar-refractivity contribution is -0.146. The molecule has 342 valence electrons. The van der Waals surface area contributed by atoms with Gasteiger partial charge >= 0.3 is 12.0 Å². The average Bonchev–Trinajstić information content (AvgIpc) is 3.83. The zero-order valence-corrected chi connectivity index (χ0v) is 37.8. The standard InChI is InChI=1S/C45H60N8O8S.CH4/c1-9-52-36-15-14-29(19-32(36)33(21-45(5,6)25-61-26-54)40(52)31-13-12-16-46-38(31)28(4)60-8)35-24-62-37(48-35)20-34(42(56)53-18-11-10-17-47-53)49-41(55)39(27(2)3)50(7)44(59)51-22-30(23-51)43(57)58;/h12-16,19,24,26-28,30,34,39,47H,9-11,17-18,20-23,25H2,1-8H3,(H,49,55)(H,57,58);1H4. The second-order valence-corrected chi connectivity index (χ2v) is 18.3. The lowest BCUT2D eigenvalue weighted by Gasteiger charge is -2.41. The molecule has 3 atom stereocenters. The number of hydrogen-bond donors (Lipinski definition) is 3. The van der Waals surface area contributed by atoms with Gasteiger partial charge in [-0.1, -0.05) is 41.2 Å². The number of likely N-dealkylation sites (tertiary alicyclic amines) is 1. The molecule has 2 saturated heterocycles. The average molecular weight is 889 g/mol. The number of thiazole rings is 1. The number of carbonyl (C=O) groups is 5. The summed E-state index contributed by atoms with van der Waals surface area (Å²) in [6.45, 7) is 14.6. The highest BCUT2D eigenvalue weighted by Gasteiger charge is 2.41. The van der Waals surface area contributed by atoms with E-state index in [4.69, 9.17) is 19.4 Å². The molecule has 6 rings (SSSR count). The van der Waals surface area contributed by atoms with Crippen LogP contribution in [-0.4, -0.2) is 124 Å². The number of urea groups is 1. The topological polar surface area (TPSA) is 189 Å². The van der Waals surface area contributed by atoms with Crippen molar-refractivity contribution in [1.82, 2.24) is 40.1 Å². The Kier molecular flexibility index (Phi) is 16.1. The van der Waals surface area contributed by atoms with Gasteiger partial charge in [-0.05, 0) is 68.9 Å². The van der Waals surface area contributed by atoms with E-state index in [1.165, 1.54) is 28.2 Å². The van der Waals surface area contributed by atoms with Crippen molar-refractivity contribution in [3.8, 4) is 22.5 Å². The Morgan fingerprint density at radius 1 is 1.14 bits per heavy atom. The number of ether oxygens (including phenoxy) is 2. The molecule has 2 aliphatic rings. The van der Waals surface area contributed by atoms with E-state index in [1.54, 1.807) is 18.3 Å². The first-order valence-corrected chi connectivity index (χ1v) is 22.2. The highest BCUT2D eigenvalue weighted by molar-refractivity contribution is 7.10. The molecule has 4 amide bonds. The van der Waals surface area contributed by atoms with E-state index in [0.29, 0.717) is 37.5 Å². The quantitative estimate of drug-likeness (QED) is 0.0969. The zero-order chi connectivity index (χ0) is 44.9. The van der Waals surface area contributed by atoms with E-state index < -0.39 is 41.3 Å². The lowest BCUT2D eigenvalue weighted by atomic mass is 9.84. The van der Waals surface area contributed by atoms with Gasteiger partial charge in [0.25, 0.3) is 12.4 Å². The van der Waals surface area contributed by atoms with Crippen LogP contribution in [0, 0.1) is 17.3 Å². The molecule has 2 aliphatic heterocycles. The summed E-state index contributed by atoms with van der Waals surface area (Å²) in [7, 11) is 3.20. The molecular formula is C46H64N8O8S. The highest BCUT2D eigenvalue weighted by atomic mass is 32.1. The summed E-state index contributed by atoms with van der Waals surface area (Å²) in [6, 6.07) is 7.96. The molecule has 3 N–H and O–H groups in total. The lowest BCUT2D eigenvalue weighted by Crippen LogP contribution is -2.62. The SMILES string of the molecule is C.CCn1c(-c2cccnc2C(C)OC)c(CC(C)(C)COC=O)c2cc(-c3csc(CC(NC(=O)C(C(C)C)N(C)C(=O)N4CC(C(=O)O)C4)C(=O)N4CCCCN4)n3)ccc21. The van der Waals surface area contributed by atoms with Crippen LogP contribution in [0.15, 0.2) is 41.9 Å². The van der Waals surface area contributed by atoms with Gasteiger partial charge in [0, 0.05) is 92.3 Å². The third-order valence-corrected chi connectivity index (χ3v) is 12.7. The van der Waals surface area contributed by atoms with E-state index in [0.717, 1.165) is 57.5 Å². The number of hydrazine groups is 1. The van der Waals surface area contributed by atoms with Crippen LogP contribution in [0.3, 0.4) is 0 Å². The van der Waals surface area contributed by atoms with Gasteiger partial charge in [0.15, 0.2) is 0 Å². The third-order valence-electron chi connectivity index (χ3n) is 11.9. The van der Waals surface area contributed by atoms with Crippen molar-refractivity contribution in [2.75, 3.05) is 46.9 Å². The molecule has 0 aliphatic carbocycles. The van der Waals surface area contributed by atoms with Crippen LogP contribution < -0.4 is 10.7 Å². The van der Waals surface area contributed by atoms with E-state index in [2.05, 4.69) is 54.3 Å².